The molecule has 0 unspecified atom stereocenters. The fraction of sp³-hybridized carbons (Fsp3) is 0.267. The van der Waals surface area contributed by atoms with E-state index in [2.05, 4.69) is 16.6 Å². The average molecular weight is 318 g/mol. The Labute approximate surface area is 132 Å². The van der Waals surface area contributed by atoms with Crippen LogP contribution >= 0.6 is 11.8 Å². The molecule has 0 fully saturated rings. The molecule has 2 amide bonds. The summed E-state index contributed by atoms with van der Waals surface area (Å²) in [5, 5.41) is 4.54. The quantitative estimate of drug-likeness (QED) is 0.619. The van der Waals surface area contributed by atoms with E-state index in [1.54, 1.807) is 6.07 Å². The highest BCUT2D eigenvalue weighted by Gasteiger charge is 2.29. The molecule has 1 aromatic carbocycles. The van der Waals surface area contributed by atoms with Crippen LogP contribution in [0.25, 0.3) is 0 Å². The van der Waals surface area contributed by atoms with Gasteiger partial charge in [0.1, 0.15) is 0 Å². The van der Waals surface area contributed by atoms with Gasteiger partial charge < -0.3 is 15.4 Å². The summed E-state index contributed by atoms with van der Waals surface area (Å²) in [4.78, 5) is 35.8. The van der Waals surface area contributed by atoms with E-state index in [-0.39, 0.29) is 18.9 Å². The van der Waals surface area contributed by atoms with Crippen molar-refractivity contribution in [2.45, 2.75) is 16.6 Å². The molecule has 2 rings (SSSR count). The number of fused-ring (bicyclic) bond motifs is 1. The highest BCUT2D eigenvalue weighted by atomic mass is 32.2. The molecular weight excluding hydrogens is 304 g/mol. The first-order valence-corrected chi connectivity index (χ1v) is 7.40. The Kier molecular flexibility index (Phi) is 5.44. The molecule has 114 valence electrons. The number of benzene rings is 1. The molecule has 7 heteroatoms. The maximum absolute atomic E-state index is 11.9. The number of esters is 1. The summed E-state index contributed by atoms with van der Waals surface area (Å²) in [6.07, 6.45) is 4.89. The van der Waals surface area contributed by atoms with Gasteiger partial charge in [-0.25, -0.2) is 0 Å². The highest BCUT2D eigenvalue weighted by Crippen LogP contribution is 2.36. The summed E-state index contributed by atoms with van der Waals surface area (Å²) >= 11 is 1.30. The zero-order valence-electron chi connectivity index (χ0n) is 11.6. The first-order chi connectivity index (χ1) is 10.6. The van der Waals surface area contributed by atoms with Crippen LogP contribution in [0.3, 0.4) is 0 Å². The largest absolute Gasteiger partial charge is 0.456 e. The van der Waals surface area contributed by atoms with Gasteiger partial charge in [0.05, 0.1) is 23.9 Å². The predicted octanol–water partition coefficient (Wildman–Crippen LogP) is 0.782. The van der Waals surface area contributed by atoms with E-state index in [0.29, 0.717) is 0 Å². The van der Waals surface area contributed by atoms with Crippen molar-refractivity contribution in [2.75, 3.05) is 18.5 Å². The lowest BCUT2D eigenvalue weighted by atomic mass is 10.2. The number of carbonyl (C=O) groups is 3. The number of hydrogen-bond acceptors (Lipinski definition) is 5. The fourth-order valence-corrected chi connectivity index (χ4v) is 2.88. The molecule has 1 aliphatic rings. The first kappa shape index (κ1) is 15.9. The number of anilines is 1. The van der Waals surface area contributed by atoms with Crippen LogP contribution in [-0.4, -0.2) is 36.2 Å². The van der Waals surface area contributed by atoms with Crippen LogP contribution in [-0.2, 0) is 19.1 Å². The van der Waals surface area contributed by atoms with Gasteiger partial charge in [0.15, 0.2) is 6.61 Å². The number of terminal acetylenes is 1. The Morgan fingerprint density at radius 3 is 2.95 bits per heavy atom. The molecule has 1 aliphatic heterocycles. The van der Waals surface area contributed by atoms with Crippen LogP contribution in [0.2, 0.25) is 0 Å². The lowest BCUT2D eigenvalue weighted by Crippen LogP contribution is -2.33. The summed E-state index contributed by atoms with van der Waals surface area (Å²) in [6.45, 7) is -0.329. The number of amides is 2. The molecule has 0 radical (unpaired) electrons. The Hall–Kier alpha value is -2.46. The standard InChI is InChI=1S/C15H14N2O4S/c1-2-7-16-13(18)9-21-14(19)8-12-15(20)17-10-5-3-4-6-11(10)22-12/h1,3-6,12H,7-9H2,(H,16,18)(H,17,20)/t12-/m1/s1. The molecule has 0 aromatic heterocycles. The van der Waals surface area contributed by atoms with Crippen LogP contribution in [0, 0.1) is 12.3 Å². The molecule has 0 aliphatic carbocycles. The maximum Gasteiger partial charge on any atom is 0.307 e. The van der Waals surface area contributed by atoms with Gasteiger partial charge in [0, 0.05) is 4.90 Å². The van der Waals surface area contributed by atoms with E-state index in [9.17, 15) is 14.4 Å². The monoisotopic (exact) mass is 318 g/mol. The van der Waals surface area contributed by atoms with E-state index in [0.717, 1.165) is 10.6 Å². The van der Waals surface area contributed by atoms with Crippen LogP contribution in [0.15, 0.2) is 29.2 Å². The minimum Gasteiger partial charge on any atom is -0.456 e. The summed E-state index contributed by atoms with van der Waals surface area (Å²) in [6, 6.07) is 7.34. The van der Waals surface area contributed by atoms with Gasteiger partial charge in [-0.1, -0.05) is 18.1 Å². The predicted molar refractivity (Wildman–Crippen MR) is 82.1 cm³/mol. The van der Waals surface area contributed by atoms with Gasteiger partial charge in [-0.05, 0) is 12.1 Å². The van der Waals surface area contributed by atoms with Crippen molar-refractivity contribution in [2.24, 2.45) is 0 Å². The number of hydrogen-bond donors (Lipinski definition) is 2. The minimum absolute atomic E-state index is 0.0774. The van der Waals surface area contributed by atoms with E-state index in [1.807, 2.05) is 18.2 Å². The van der Waals surface area contributed by atoms with E-state index < -0.39 is 23.7 Å². The Balaban J connectivity index is 1.84. The first-order valence-electron chi connectivity index (χ1n) is 6.52. The molecule has 0 bridgehead atoms. The molecule has 6 nitrogen and oxygen atoms in total. The Morgan fingerprint density at radius 1 is 1.41 bits per heavy atom. The highest BCUT2D eigenvalue weighted by molar-refractivity contribution is 8.01. The summed E-state index contributed by atoms with van der Waals surface area (Å²) in [5.41, 5.74) is 0.732. The van der Waals surface area contributed by atoms with Crippen molar-refractivity contribution in [3.05, 3.63) is 24.3 Å². The van der Waals surface area contributed by atoms with Gasteiger partial charge in [-0.3, -0.25) is 14.4 Å². The molecule has 1 atom stereocenters. The normalized spacial score (nSPS) is 16.0. The van der Waals surface area contributed by atoms with Crippen molar-refractivity contribution in [1.82, 2.24) is 5.32 Å². The van der Waals surface area contributed by atoms with Gasteiger partial charge in [-0.2, -0.15) is 0 Å². The van der Waals surface area contributed by atoms with Gasteiger partial charge >= 0.3 is 5.97 Å². The molecule has 2 N–H and O–H groups in total. The second-order valence-corrected chi connectivity index (χ2v) is 5.68. The molecule has 0 saturated carbocycles. The second-order valence-electron chi connectivity index (χ2n) is 4.44. The molecule has 0 saturated heterocycles. The summed E-state index contributed by atoms with van der Waals surface area (Å²) in [7, 11) is 0. The third-order valence-electron chi connectivity index (χ3n) is 2.81. The molecule has 1 heterocycles. The molecule has 0 spiro atoms. The van der Waals surface area contributed by atoms with Gasteiger partial charge in [0.25, 0.3) is 5.91 Å². The fourth-order valence-electron chi connectivity index (χ4n) is 1.78. The van der Waals surface area contributed by atoms with Crippen molar-refractivity contribution >= 4 is 35.2 Å². The Bertz CT molecular complexity index is 639. The number of rotatable bonds is 5. The van der Waals surface area contributed by atoms with Crippen LogP contribution in [0.4, 0.5) is 5.69 Å². The molecule has 1 aromatic rings. The minimum atomic E-state index is -0.608. The topological polar surface area (TPSA) is 84.5 Å². The number of nitrogens with one attached hydrogen (secondary N) is 2. The average Bonchev–Trinajstić information content (AvgIpc) is 2.51. The van der Waals surface area contributed by atoms with Gasteiger partial charge in [-0.15, -0.1) is 18.2 Å². The molecule has 22 heavy (non-hydrogen) atoms. The summed E-state index contributed by atoms with van der Waals surface area (Å²) in [5.74, 6) is 0.903. The van der Waals surface area contributed by atoms with Crippen molar-refractivity contribution < 1.29 is 19.1 Å². The van der Waals surface area contributed by atoms with Crippen molar-refractivity contribution in [1.29, 1.82) is 0 Å². The third kappa shape index (κ3) is 4.27. The second kappa shape index (κ2) is 7.52. The lowest BCUT2D eigenvalue weighted by Gasteiger charge is -2.23. The van der Waals surface area contributed by atoms with Crippen molar-refractivity contribution in [3.63, 3.8) is 0 Å². The zero-order valence-corrected chi connectivity index (χ0v) is 12.4. The van der Waals surface area contributed by atoms with Crippen LogP contribution in [0.5, 0.6) is 0 Å². The van der Waals surface area contributed by atoms with E-state index in [4.69, 9.17) is 11.2 Å². The molecular formula is C15H14N2O4S. The van der Waals surface area contributed by atoms with Crippen LogP contribution in [0.1, 0.15) is 6.42 Å². The number of thioether (sulfide) groups is 1. The number of para-hydroxylation sites is 1. The smallest absolute Gasteiger partial charge is 0.307 e. The van der Waals surface area contributed by atoms with Gasteiger partial charge in [0.2, 0.25) is 5.91 Å². The summed E-state index contributed by atoms with van der Waals surface area (Å²) < 4.78 is 4.83. The maximum atomic E-state index is 11.9. The third-order valence-corrected chi connectivity index (χ3v) is 4.09. The van der Waals surface area contributed by atoms with E-state index in [1.165, 1.54) is 11.8 Å². The SMILES string of the molecule is C#CCNC(=O)COC(=O)C[C@H]1Sc2ccccc2NC1=O. The lowest BCUT2D eigenvalue weighted by molar-refractivity contribution is -0.148. The number of carbonyl (C=O) groups excluding carboxylic acids is 3. The van der Waals surface area contributed by atoms with Crippen molar-refractivity contribution in [3.8, 4) is 12.3 Å². The van der Waals surface area contributed by atoms with Crippen LogP contribution < -0.4 is 10.6 Å². The number of ether oxygens (including phenoxy) is 1. The Morgan fingerprint density at radius 2 is 2.18 bits per heavy atom. The van der Waals surface area contributed by atoms with E-state index >= 15 is 0 Å². The zero-order chi connectivity index (χ0) is 15.9.